The molecule has 1 N–H and O–H groups in total. The number of carbonyl (C=O) groups is 2. The molecular formula is C32H35ClF3N7O5S. The van der Waals surface area contributed by atoms with Crippen molar-refractivity contribution >= 4 is 52.1 Å². The SMILES string of the molecule is [2H]C1([2H])Cc2cc(-c3nc4n(CC(=O)Nc5ccc(C(F)(F)F)cc5Cl)c(CC)c(N5CCN(C(=O)OC(C)(C)C)CC5)c(=O)n4n3)sc2CO1. The Kier molecular flexibility index (Phi) is 8.70. The van der Waals surface area contributed by atoms with Crippen LogP contribution in [0.5, 0.6) is 0 Å². The van der Waals surface area contributed by atoms with Crippen molar-refractivity contribution in [3.05, 3.63) is 61.3 Å². The van der Waals surface area contributed by atoms with Crippen LogP contribution in [-0.4, -0.2) is 74.4 Å². The zero-order valence-corrected chi connectivity index (χ0v) is 28.7. The molecule has 2 aliphatic rings. The number of hydrogen-bond acceptors (Lipinski definition) is 9. The van der Waals surface area contributed by atoms with Crippen LogP contribution >= 0.6 is 22.9 Å². The van der Waals surface area contributed by atoms with Crippen LogP contribution in [0, 0.1) is 0 Å². The Morgan fingerprint density at radius 2 is 1.90 bits per heavy atom. The van der Waals surface area contributed by atoms with Crippen molar-refractivity contribution in [2.24, 2.45) is 0 Å². The molecular weight excluding hydrogens is 687 g/mol. The van der Waals surface area contributed by atoms with Crippen LogP contribution in [0.4, 0.5) is 29.3 Å². The standard InChI is InChI=1S/C32H35ClF3N7O5S/c1-5-22-26(40-9-11-41(12-10-40)30(46)48-31(2,3)4)28(45)43-29(38-27(39-43)23-14-18-8-13-47-17-24(18)49-23)42(22)16-25(44)37-21-7-6-19(15-20(21)33)32(34,35)36/h6-7,14-15H,5,8-13,16-17H2,1-4H3,(H,37,44)/i13D2. The number of thiophene rings is 1. The number of ether oxygens (including phenoxy) is 2. The fraction of sp³-hybridized carbons (Fsp3) is 0.469. The molecule has 262 valence electrons. The maximum absolute atomic E-state index is 14.2. The van der Waals surface area contributed by atoms with Crippen LogP contribution in [0.1, 0.15) is 52.1 Å². The predicted octanol–water partition coefficient (Wildman–Crippen LogP) is 5.62. The highest BCUT2D eigenvalue weighted by Gasteiger charge is 2.32. The number of amides is 2. The van der Waals surface area contributed by atoms with E-state index in [-0.39, 0.29) is 73.6 Å². The molecule has 5 heterocycles. The average molecular weight is 724 g/mol. The largest absolute Gasteiger partial charge is 0.444 e. The molecule has 0 unspecified atom stereocenters. The molecule has 6 rings (SSSR count). The minimum atomic E-state index is -4.62. The van der Waals surface area contributed by atoms with Crippen molar-refractivity contribution in [3.8, 4) is 10.7 Å². The van der Waals surface area contributed by atoms with Gasteiger partial charge in [0.25, 0.3) is 5.56 Å². The lowest BCUT2D eigenvalue weighted by Crippen LogP contribution is -2.51. The van der Waals surface area contributed by atoms with Crippen molar-refractivity contribution in [2.45, 2.75) is 65.5 Å². The van der Waals surface area contributed by atoms with E-state index in [0.29, 0.717) is 10.6 Å². The summed E-state index contributed by atoms with van der Waals surface area (Å²) in [7, 11) is 0. The summed E-state index contributed by atoms with van der Waals surface area (Å²) < 4.78 is 69.1. The molecule has 1 saturated heterocycles. The van der Waals surface area contributed by atoms with Crippen LogP contribution in [0.3, 0.4) is 0 Å². The van der Waals surface area contributed by atoms with E-state index in [1.165, 1.54) is 15.9 Å². The van der Waals surface area contributed by atoms with Crippen LogP contribution < -0.4 is 15.8 Å². The molecule has 0 atom stereocenters. The lowest BCUT2D eigenvalue weighted by Gasteiger charge is -2.37. The van der Waals surface area contributed by atoms with Gasteiger partial charge < -0.3 is 29.2 Å². The van der Waals surface area contributed by atoms with Crippen molar-refractivity contribution in [2.75, 3.05) is 43.0 Å². The quantitative estimate of drug-likeness (QED) is 0.272. The Labute approximate surface area is 291 Å². The normalized spacial score (nSPS) is 17.1. The number of aromatic nitrogens is 4. The molecule has 17 heteroatoms. The van der Waals surface area contributed by atoms with Crippen molar-refractivity contribution in [1.29, 1.82) is 0 Å². The first kappa shape index (κ1) is 32.1. The number of alkyl halides is 3. The summed E-state index contributed by atoms with van der Waals surface area (Å²) in [5, 5.41) is 6.82. The van der Waals surface area contributed by atoms with Crippen molar-refractivity contribution < 1.29 is 35.0 Å². The lowest BCUT2D eigenvalue weighted by molar-refractivity contribution is -0.137. The molecule has 0 spiro atoms. The summed E-state index contributed by atoms with van der Waals surface area (Å²) in [6.07, 6.45) is -4.78. The van der Waals surface area contributed by atoms with Gasteiger partial charge in [0, 0.05) is 31.1 Å². The van der Waals surface area contributed by atoms with Gasteiger partial charge in [-0.05, 0) is 63.4 Å². The predicted molar refractivity (Wildman–Crippen MR) is 178 cm³/mol. The van der Waals surface area contributed by atoms with E-state index in [9.17, 15) is 27.6 Å². The first-order valence-corrected chi connectivity index (χ1v) is 16.7. The second-order valence-corrected chi connectivity index (χ2v) is 14.1. The minimum absolute atomic E-state index is 0.0309. The first-order chi connectivity index (χ1) is 23.8. The number of anilines is 2. The van der Waals surface area contributed by atoms with Gasteiger partial charge in [-0.2, -0.15) is 22.7 Å². The van der Waals surface area contributed by atoms with Crippen molar-refractivity contribution in [1.82, 2.24) is 24.1 Å². The number of benzene rings is 1. The third-order valence-electron chi connectivity index (χ3n) is 7.97. The molecule has 0 aliphatic carbocycles. The summed E-state index contributed by atoms with van der Waals surface area (Å²) in [6.45, 7) is 6.07. The van der Waals surface area contributed by atoms with Crippen LogP contribution in [0.25, 0.3) is 16.5 Å². The van der Waals surface area contributed by atoms with E-state index in [1.54, 1.807) is 31.7 Å². The Balaban J connectivity index is 1.39. The van der Waals surface area contributed by atoms with Crippen LogP contribution in [0.2, 0.25) is 5.02 Å². The molecule has 49 heavy (non-hydrogen) atoms. The fourth-order valence-electron chi connectivity index (χ4n) is 5.69. The Morgan fingerprint density at radius 3 is 2.55 bits per heavy atom. The van der Waals surface area contributed by atoms with E-state index in [0.717, 1.165) is 33.2 Å². The number of hydrogen-bond donors (Lipinski definition) is 1. The second-order valence-electron chi connectivity index (χ2n) is 12.6. The number of nitrogens with one attached hydrogen (secondary N) is 1. The number of fused-ring (bicyclic) bond motifs is 2. The summed E-state index contributed by atoms with van der Waals surface area (Å²) in [5.41, 5.74) is -0.710. The smallest absolute Gasteiger partial charge is 0.416 e. The van der Waals surface area contributed by atoms with Crippen molar-refractivity contribution in [3.63, 3.8) is 0 Å². The Bertz CT molecular complexity index is 2070. The monoisotopic (exact) mass is 723 g/mol. The van der Waals surface area contributed by atoms with Gasteiger partial charge in [-0.1, -0.05) is 18.5 Å². The fourth-order valence-corrected chi connectivity index (χ4v) is 6.94. The van der Waals surface area contributed by atoms with Crippen LogP contribution in [0.15, 0.2) is 29.1 Å². The zero-order valence-electron chi connectivity index (χ0n) is 29.1. The minimum Gasteiger partial charge on any atom is -0.444 e. The van der Waals surface area contributed by atoms with E-state index in [4.69, 9.17) is 23.8 Å². The summed E-state index contributed by atoms with van der Waals surface area (Å²) in [6, 6.07) is 4.37. The first-order valence-electron chi connectivity index (χ1n) is 16.5. The third-order valence-corrected chi connectivity index (χ3v) is 9.42. The molecule has 0 radical (unpaired) electrons. The molecule has 12 nitrogen and oxygen atoms in total. The van der Waals surface area contributed by atoms with E-state index in [2.05, 4.69) is 15.4 Å². The zero-order chi connectivity index (χ0) is 37.0. The van der Waals surface area contributed by atoms with E-state index < -0.39 is 48.0 Å². The third kappa shape index (κ3) is 7.26. The Morgan fingerprint density at radius 1 is 1.16 bits per heavy atom. The number of carbonyl (C=O) groups excluding carboxylic acids is 2. The summed E-state index contributed by atoms with van der Waals surface area (Å²) in [5.74, 6) is -0.413. The van der Waals surface area contributed by atoms with Gasteiger partial charge in [0.2, 0.25) is 11.7 Å². The molecule has 3 aromatic heterocycles. The second kappa shape index (κ2) is 13.3. The topological polar surface area (TPSA) is 123 Å². The number of halogens is 4. The van der Waals surface area contributed by atoms with Gasteiger partial charge in [0.05, 0.1) is 42.8 Å². The highest BCUT2D eigenvalue weighted by Crippen LogP contribution is 2.35. The maximum atomic E-state index is 14.2. The number of piperazine rings is 1. The van der Waals surface area contributed by atoms with Gasteiger partial charge in [-0.3, -0.25) is 9.59 Å². The van der Waals surface area contributed by atoms with Gasteiger partial charge in [0.1, 0.15) is 17.8 Å². The van der Waals surface area contributed by atoms with Gasteiger partial charge in [-0.15, -0.1) is 16.4 Å². The average Bonchev–Trinajstić information content (AvgIpc) is 3.66. The van der Waals surface area contributed by atoms with Gasteiger partial charge >= 0.3 is 12.3 Å². The molecule has 0 bridgehead atoms. The van der Waals surface area contributed by atoms with Crippen LogP contribution in [-0.2, 0) is 46.4 Å². The molecule has 0 saturated carbocycles. The van der Waals surface area contributed by atoms with Gasteiger partial charge in [-0.25, -0.2) is 4.79 Å². The highest BCUT2D eigenvalue weighted by atomic mass is 35.5. The molecule has 2 amide bonds. The van der Waals surface area contributed by atoms with Gasteiger partial charge in [0.15, 0.2) is 5.82 Å². The highest BCUT2D eigenvalue weighted by molar-refractivity contribution is 7.15. The molecule has 2 aliphatic heterocycles. The van der Waals surface area contributed by atoms with E-state index >= 15 is 0 Å². The number of rotatable bonds is 6. The molecule has 1 fully saturated rings. The Hall–Kier alpha value is -4.15. The number of nitrogens with zero attached hydrogens (tertiary/aromatic N) is 6. The molecule has 1 aromatic carbocycles. The maximum Gasteiger partial charge on any atom is 0.416 e. The number of aryl methyl sites for hydroxylation is 1. The lowest BCUT2D eigenvalue weighted by atomic mass is 10.1. The summed E-state index contributed by atoms with van der Waals surface area (Å²) >= 11 is 7.43. The van der Waals surface area contributed by atoms with E-state index in [1.807, 2.05) is 11.8 Å². The molecule has 4 aromatic rings. The summed E-state index contributed by atoms with van der Waals surface area (Å²) in [4.78, 5) is 50.0.